The van der Waals surface area contributed by atoms with Crippen LogP contribution in [0.1, 0.15) is 23.0 Å². The molecular weight excluding hydrogens is 426 g/mol. The molecule has 1 amide bonds. The molecule has 2 aromatic carbocycles. The number of rotatable bonds is 8. The average molecular weight is 446 g/mol. The van der Waals surface area contributed by atoms with Crippen LogP contribution < -0.4 is 14.8 Å². The highest BCUT2D eigenvalue weighted by Crippen LogP contribution is 2.23. The number of hydrogen-bond acceptors (Lipinski definition) is 5. The number of hydrogen-bond donors (Lipinski definition) is 2. The first-order valence-electron chi connectivity index (χ1n) is 9.12. The van der Waals surface area contributed by atoms with Crippen LogP contribution >= 0.6 is 11.6 Å². The Balaban J connectivity index is 1.76. The zero-order chi connectivity index (χ0) is 21.6. The van der Waals surface area contributed by atoms with E-state index in [1.807, 2.05) is 6.92 Å². The molecule has 0 atom stereocenters. The van der Waals surface area contributed by atoms with Crippen molar-refractivity contribution in [2.24, 2.45) is 0 Å². The fourth-order valence-electron chi connectivity index (χ4n) is 2.61. The molecule has 0 aliphatic carbocycles. The topological polar surface area (TPSA) is 97.4 Å². The van der Waals surface area contributed by atoms with Crippen LogP contribution in [0.3, 0.4) is 0 Å². The largest absolute Gasteiger partial charge is 0.494 e. The summed E-state index contributed by atoms with van der Waals surface area (Å²) in [5, 5.41) is 2.83. The van der Waals surface area contributed by atoms with Crippen molar-refractivity contribution in [1.29, 1.82) is 0 Å². The highest BCUT2D eigenvalue weighted by atomic mass is 35.5. The van der Waals surface area contributed by atoms with Crippen LogP contribution in [0.2, 0.25) is 5.02 Å². The van der Waals surface area contributed by atoms with E-state index in [4.69, 9.17) is 16.3 Å². The lowest BCUT2D eigenvalue weighted by atomic mass is 10.2. The number of benzene rings is 2. The van der Waals surface area contributed by atoms with E-state index in [0.717, 1.165) is 0 Å². The number of aromatic nitrogens is 1. The van der Waals surface area contributed by atoms with Crippen LogP contribution in [0.4, 0.5) is 5.69 Å². The summed E-state index contributed by atoms with van der Waals surface area (Å²) in [6, 6.07) is 15.8. The van der Waals surface area contributed by atoms with Gasteiger partial charge in [0.15, 0.2) is 0 Å². The number of nitrogens with zero attached hydrogens (tertiary/aromatic N) is 1. The van der Waals surface area contributed by atoms with Crippen molar-refractivity contribution in [2.45, 2.75) is 18.4 Å². The Morgan fingerprint density at radius 3 is 2.53 bits per heavy atom. The number of nitrogens with one attached hydrogen (secondary N) is 2. The van der Waals surface area contributed by atoms with E-state index in [9.17, 15) is 13.2 Å². The summed E-state index contributed by atoms with van der Waals surface area (Å²) >= 11 is 6.12. The fraction of sp³-hybridized carbons (Fsp3) is 0.143. The van der Waals surface area contributed by atoms with Gasteiger partial charge >= 0.3 is 0 Å². The lowest BCUT2D eigenvalue weighted by Gasteiger charge is -2.11. The maximum Gasteiger partial charge on any atom is 0.261 e. The minimum atomic E-state index is -3.92. The van der Waals surface area contributed by atoms with Crippen molar-refractivity contribution in [1.82, 2.24) is 10.3 Å². The first-order chi connectivity index (χ1) is 14.4. The monoisotopic (exact) mass is 445 g/mol. The Hall–Kier alpha value is -3.10. The molecule has 0 unspecified atom stereocenters. The molecule has 9 heteroatoms. The molecule has 1 heterocycles. The molecular formula is C21H20ClN3O4S. The predicted molar refractivity (Wildman–Crippen MR) is 115 cm³/mol. The van der Waals surface area contributed by atoms with Gasteiger partial charge in [0.2, 0.25) is 0 Å². The van der Waals surface area contributed by atoms with Gasteiger partial charge in [0.05, 0.1) is 34.3 Å². The lowest BCUT2D eigenvalue weighted by molar-refractivity contribution is 0.0950. The summed E-state index contributed by atoms with van der Waals surface area (Å²) in [6.07, 6.45) is 1.62. The molecule has 2 N–H and O–H groups in total. The maximum absolute atomic E-state index is 12.8. The van der Waals surface area contributed by atoms with Crippen molar-refractivity contribution in [3.8, 4) is 5.75 Å². The minimum absolute atomic E-state index is 0.0576. The quantitative estimate of drug-likeness (QED) is 0.548. The van der Waals surface area contributed by atoms with Gasteiger partial charge in [-0.1, -0.05) is 17.7 Å². The third-order valence-corrected chi connectivity index (χ3v) is 5.78. The van der Waals surface area contributed by atoms with Crippen molar-refractivity contribution in [2.75, 3.05) is 11.3 Å². The molecule has 7 nitrogen and oxygen atoms in total. The molecule has 0 spiro atoms. The van der Waals surface area contributed by atoms with Crippen LogP contribution in [0.15, 0.2) is 71.8 Å². The van der Waals surface area contributed by atoms with Gasteiger partial charge in [0, 0.05) is 11.9 Å². The van der Waals surface area contributed by atoms with Crippen molar-refractivity contribution in [3.63, 3.8) is 0 Å². The second-order valence-electron chi connectivity index (χ2n) is 6.21. The predicted octanol–water partition coefficient (Wildman–Crippen LogP) is 3.86. The number of ether oxygens (including phenoxy) is 1. The van der Waals surface area contributed by atoms with Crippen LogP contribution in [0, 0.1) is 0 Å². The first kappa shape index (κ1) is 21.6. The van der Waals surface area contributed by atoms with Crippen LogP contribution in [0.5, 0.6) is 5.75 Å². The Bertz CT molecular complexity index is 1120. The number of carbonyl (C=O) groups excluding carboxylic acids is 1. The van der Waals surface area contributed by atoms with Crippen LogP contribution in [-0.4, -0.2) is 25.9 Å². The smallest absolute Gasteiger partial charge is 0.261 e. The molecule has 0 aliphatic heterocycles. The zero-order valence-corrected chi connectivity index (χ0v) is 17.7. The number of sulfonamides is 1. The van der Waals surface area contributed by atoms with Gasteiger partial charge in [-0.25, -0.2) is 8.42 Å². The second kappa shape index (κ2) is 9.60. The fourth-order valence-corrected chi connectivity index (χ4v) is 3.90. The van der Waals surface area contributed by atoms with Gasteiger partial charge < -0.3 is 10.1 Å². The molecule has 0 saturated carbocycles. The van der Waals surface area contributed by atoms with E-state index < -0.39 is 15.9 Å². The van der Waals surface area contributed by atoms with Crippen LogP contribution in [-0.2, 0) is 16.6 Å². The molecule has 0 aliphatic rings. The summed E-state index contributed by atoms with van der Waals surface area (Å²) in [7, 11) is -3.92. The van der Waals surface area contributed by atoms with E-state index in [1.165, 1.54) is 18.2 Å². The molecule has 0 radical (unpaired) electrons. The Morgan fingerprint density at radius 2 is 1.87 bits per heavy atom. The number of carbonyl (C=O) groups is 1. The van der Waals surface area contributed by atoms with Crippen molar-refractivity contribution >= 4 is 33.2 Å². The van der Waals surface area contributed by atoms with Gasteiger partial charge in [0.25, 0.3) is 15.9 Å². The molecule has 0 fully saturated rings. The number of amides is 1. The lowest BCUT2D eigenvalue weighted by Crippen LogP contribution is -2.24. The summed E-state index contributed by atoms with van der Waals surface area (Å²) in [4.78, 5) is 16.6. The average Bonchev–Trinajstić information content (AvgIpc) is 2.74. The highest BCUT2D eigenvalue weighted by molar-refractivity contribution is 7.92. The van der Waals surface area contributed by atoms with Crippen molar-refractivity contribution in [3.05, 3.63) is 83.1 Å². The normalized spacial score (nSPS) is 11.0. The Morgan fingerprint density at radius 1 is 1.10 bits per heavy atom. The van der Waals surface area contributed by atoms with E-state index >= 15 is 0 Å². The highest BCUT2D eigenvalue weighted by Gasteiger charge is 2.19. The second-order valence-corrected chi connectivity index (χ2v) is 8.30. The number of pyridine rings is 1. The van der Waals surface area contributed by atoms with Gasteiger partial charge in [-0.2, -0.15) is 0 Å². The standard InChI is InChI=1S/C21H20ClN3O4S/c1-2-29-17-8-6-15(7-9-17)25-30(27,28)18-10-11-20(22)19(13-18)21(26)24-14-16-5-3-4-12-23-16/h3-13,25H,2,14H2,1H3,(H,24,26). The molecule has 3 rings (SSSR count). The molecule has 3 aromatic rings. The molecule has 0 bridgehead atoms. The molecule has 1 aromatic heterocycles. The number of halogens is 1. The summed E-state index contributed by atoms with van der Waals surface area (Å²) in [5.74, 6) is 0.141. The molecule has 30 heavy (non-hydrogen) atoms. The van der Waals surface area contributed by atoms with Crippen molar-refractivity contribution < 1.29 is 17.9 Å². The first-order valence-corrected chi connectivity index (χ1v) is 11.0. The SMILES string of the molecule is CCOc1ccc(NS(=O)(=O)c2ccc(Cl)c(C(=O)NCc3ccccn3)c2)cc1. The molecule has 156 valence electrons. The van der Waals surface area contributed by atoms with E-state index in [1.54, 1.807) is 48.7 Å². The summed E-state index contributed by atoms with van der Waals surface area (Å²) in [5.41, 5.74) is 1.10. The van der Waals surface area contributed by atoms with Crippen LogP contribution in [0.25, 0.3) is 0 Å². The van der Waals surface area contributed by atoms with Gasteiger partial charge in [0.1, 0.15) is 5.75 Å². The number of anilines is 1. The van der Waals surface area contributed by atoms with E-state index in [2.05, 4.69) is 15.0 Å². The van der Waals surface area contributed by atoms with E-state index in [0.29, 0.717) is 23.7 Å². The van der Waals surface area contributed by atoms with Gasteiger partial charge in [-0.3, -0.25) is 14.5 Å². The third-order valence-electron chi connectivity index (χ3n) is 4.07. The van der Waals surface area contributed by atoms with E-state index in [-0.39, 0.29) is 22.0 Å². The Kier molecular flexibility index (Phi) is 6.91. The maximum atomic E-state index is 12.8. The molecule has 0 saturated heterocycles. The Labute approximate surface area is 180 Å². The van der Waals surface area contributed by atoms with Gasteiger partial charge in [-0.15, -0.1) is 0 Å². The summed E-state index contributed by atoms with van der Waals surface area (Å²) < 4.78 is 33.3. The third kappa shape index (κ3) is 5.49. The van der Waals surface area contributed by atoms with Gasteiger partial charge in [-0.05, 0) is 61.5 Å². The minimum Gasteiger partial charge on any atom is -0.494 e. The summed E-state index contributed by atoms with van der Waals surface area (Å²) in [6.45, 7) is 2.57. The zero-order valence-electron chi connectivity index (χ0n) is 16.1.